The summed E-state index contributed by atoms with van der Waals surface area (Å²) < 4.78 is 6.85. The van der Waals surface area contributed by atoms with Crippen LogP contribution in [-0.2, 0) is 0 Å². The number of fused-ring (bicyclic) bond motifs is 3. The van der Waals surface area contributed by atoms with E-state index in [-0.39, 0.29) is 6.10 Å². The number of rotatable bonds is 0. The van der Waals surface area contributed by atoms with Crippen LogP contribution in [-0.4, -0.2) is 6.10 Å². The first-order chi connectivity index (χ1) is 7.25. The van der Waals surface area contributed by atoms with Crippen molar-refractivity contribution in [1.82, 2.24) is 0 Å². The Bertz CT molecular complexity index is 491. The van der Waals surface area contributed by atoms with E-state index >= 15 is 0 Å². The molecule has 1 unspecified atom stereocenters. The Hall–Kier alpha value is -0.730. The number of benzene rings is 1. The maximum absolute atomic E-state index is 5.98. The van der Waals surface area contributed by atoms with E-state index in [0.717, 1.165) is 22.2 Å². The second-order valence-electron chi connectivity index (χ2n) is 3.65. The molecule has 0 saturated carbocycles. The molecule has 0 bridgehead atoms. The zero-order valence-electron chi connectivity index (χ0n) is 7.84. The van der Waals surface area contributed by atoms with Crippen molar-refractivity contribution in [2.45, 2.75) is 12.5 Å². The van der Waals surface area contributed by atoms with Crippen LogP contribution in [0, 0.1) is 0 Å². The van der Waals surface area contributed by atoms with E-state index in [2.05, 4.69) is 34.2 Å². The van der Waals surface area contributed by atoms with Crippen molar-refractivity contribution in [3.8, 4) is 5.75 Å². The fraction of sp³-hybridized carbons (Fsp3) is 0.167. The summed E-state index contributed by atoms with van der Waals surface area (Å²) in [6, 6.07) is 3.78. The number of hydrogen-bond donors (Lipinski definition) is 0. The van der Waals surface area contributed by atoms with Gasteiger partial charge >= 0.3 is 0 Å². The quantitative estimate of drug-likeness (QED) is 0.693. The highest BCUT2D eigenvalue weighted by Gasteiger charge is 2.30. The SMILES string of the molecule is Clc1cc(Br)c2c(c1)OC1CC=CC=C21. The second kappa shape index (κ2) is 3.39. The third-order valence-corrected chi connectivity index (χ3v) is 3.53. The third kappa shape index (κ3) is 1.44. The highest BCUT2D eigenvalue weighted by Crippen LogP contribution is 2.45. The Morgan fingerprint density at radius 3 is 3.13 bits per heavy atom. The molecule has 2 aliphatic rings. The first-order valence-electron chi connectivity index (χ1n) is 4.78. The maximum atomic E-state index is 5.98. The van der Waals surface area contributed by atoms with Crippen molar-refractivity contribution in [1.29, 1.82) is 0 Å². The molecule has 0 aromatic heterocycles. The summed E-state index contributed by atoms with van der Waals surface area (Å²) in [6.07, 6.45) is 7.41. The Morgan fingerprint density at radius 2 is 2.27 bits per heavy atom. The van der Waals surface area contributed by atoms with Crippen LogP contribution >= 0.6 is 27.5 Å². The molecule has 0 amide bonds. The number of allylic oxidation sites excluding steroid dienone is 2. The molecule has 76 valence electrons. The first kappa shape index (κ1) is 9.49. The molecule has 1 aliphatic carbocycles. The van der Waals surface area contributed by atoms with Gasteiger partial charge in [0.05, 0.1) is 0 Å². The molecule has 0 N–H and O–H groups in total. The molecule has 0 saturated heterocycles. The maximum Gasteiger partial charge on any atom is 0.130 e. The van der Waals surface area contributed by atoms with E-state index in [1.54, 1.807) is 0 Å². The number of halogens is 2. The molecular formula is C12H8BrClO. The van der Waals surface area contributed by atoms with E-state index in [4.69, 9.17) is 16.3 Å². The van der Waals surface area contributed by atoms with Gasteiger partial charge in [-0.05, 0) is 28.1 Å². The predicted molar refractivity (Wildman–Crippen MR) is 65.3 cm³/mol. The van der Waals surface area contributed by atoms with Crippen molar-refractivity contribution >= 4 is 33.1 Å². The molecule has 1 nitrogen and oxygen atoms in total. The summed E-state index contributed by atoms with van der Waals surface area (Å²) in [5.41, 5.74) is 2.39. The lowest BCUT2D eigenvalue weighted by atomic mass is 9.97. The number of hydrogen-bond acceptors (Lipinski definition) is 1. The Labute approximate surface area is 102 Å². The lowest BCUT2D eigenvalue weighted by Crippen LogP contribution is -2.12. The van der Waals surface area contributed by atoms with Crippen molar-refractivity contribution in [2.24, 2.45) is 0 Å². The highest BCUT2D eigenvalue weighted by atomic mass is 79.9. The summed E-state index contributed by atoms with van der Waals surface area (Å²) in [5.74, 6) is 0.884. The fourth-order valence-electron chi connectivity index (χ4n) is 2.04. The van der Waals surface area contributed by atoms with Crippen LogP contribution in [0.5, 0.6) is 5.75 Å². The van der Waals surface area contributed by atoms with E-state index < -0.39 is 0 Å². The number of ether oxygens (including phenoxy) is 1. The van der Waals surface area contributed by atoms with Crippen molar-refractivity contribution in [3.05, 3.63) is 45.4 Å². The molecule has 0 radical (unpaired) electrons. The van der Waals surface area contributed by atoms with Crippen LogP contribution in [0.25, 0.3) is 5.57 Å². The zero-order valence-corrected chi connectivity index (χ0v) is 10.2. The van der Waals surface area contributed by atoms with Gasteiger partial charge in [-0.3, -0.25) is 0 Å². The topological polar surface area (TPSA) is 9.23 Å². The molecule has 0 spiro atoms. The van der Waals surface area contributed by atoms with Crippen molar-refractivity contribution in [2.75, 3.05) is 0 Å². The summed E-state index contributed by atoms with van der Waals surface area (Å²) in [4.78, 5) is 0. The lowest BCUT2D eigenvalue weighted by Gasteiger charge is -2.12. The summed E-state index contributed by atoms with van der Waals surface area (Å²) in [5, 5.41) is 0.702. The summed E-state index contributed by atoms with van der Waals surface area (Å²) in [6.45, 7) is 0. The van der Waals surface area contributed by atoms with Gasteiger partial charge < -0.3 is 4.74 Å². The van der Waals surface area contributed by atoms with Gasteiger partial charge in [0, 0.05) is 27.1 Å². The first-order valence-corrected chi connectivity index (χ1v) is 5.95. The molecule has 1 aliphatic heterocycles. The predicted octanol–water partition coefficient (Wildman–Crippen LogP) is 4.21. The van der Waals surface area contributed by atoms with Crippen LogP contribution in [0.15, 0.2) is 34.8 Å². The van der Waals surface area contributed by atoms with E-state index in [1.807, 2.05) is 12.1 Å². The van der Waals surface area contributed by atoms with Crippen LogP contribution in [0.2, 0.25) is 5.02 Å². The molecule has 1 heterocycles. The van der Waals surface area contributed by atoms with Gasteiger partial charge in [0.15, 0.2) is 0 Å². The van der Waals surface area contributed by atoms with Gasteiger partial charge in [-0.2, -0.15) is 0 Å². The fourth-order valence-corrected chi connectivity index (χ4v) is 3.05. The largest absolute Gasteiger partial charge is 0.485 e. The molecule has 0 fully saturated rings. The molecular weight excluding hydrogens is 275 g/mol. The van der Waals surface area contributed by atoms with Gasteiger partial charge in [0.25, 0.3) is 0 Å². The highest BCUT2D eigenvalue weighted by molar-refractivity contribution is 9.10. The smallest absolute Gasteiger partial charge is 0.130 e. The third-order valence-electron chi connectivity index (χ3n) is 2.69. The summed E-state index contributed by atoms with van der Waals surface area (Å²) in [7, 11) is 0. The average molecular weight is 284 g/mol. The minimum atomic E-state index is 0.166. The molecule has 3 heteroatoms. The molecule has 15 heavy (non-hydrogen) atoms. The Morgan fingerprint density at radius 1 is 1.40 bits per heavy atom. The van der Waals surface area contributed by atoms with E-state index in [1.165, 1.54) is 5.57 Å². The summed E-state index contributed by atoms with van der Waals surface area (Å²) >= 11 is 9.51. The van der Waals surface area contributed by atoms with Crippen molar-refractivity contribution < 1.29 is 4.74 Å². The Balaban J connectivity index is 2.22. The standard InChI is InChI=1S/C12H8BrClO/c13-9-5-7(14)6-11-12(9)8-3-1-2-4-10(8)15-11/h1-3,5-6,10H,4H2. The van der Waals surface area contributed by atoms with Gasteiger partial charge in [0.1, 0.15) is 11.9 Å². The van der Waals surface area contributed by atoms with Crippen LogP contribution < -0.4 is 4.74 Å². The average Bonchev–Trinajstić information content (AvgIpc) is 2.54. The van der Waals surface area contributed by atoms with Crippen LogP contribution in [0.4, 0.5) is 0 Å². The van der Waals surface area contributed by atoms with Crippen LogP contribution in [0.3, 0.4) is 0 Å². The molecule has 3 rings (SSSR count). The minimum absolute atomic E-state index is 0.166. The zero-order chi connectivity index (χ0) is 10.4. The second-order valence-corrected chi connectivity index (χ2v) is 4.94. The molecule has 1 aromatic carbocycles. The van der Waals surface area contributed by atoms with E-state index in [9.17, 15) is 0 Å². The lowest BCUT2D eigenvalue weighted by molar-refractivity contribution is 0.279. The monoisotopic (exact) mass is 282 g/mol. The van der Waals surface area contributed by atoms with E-state index in [0.29, 0.717) is 5.02 Å². The van der Waals surface area contributed by atoms with Crippen LogP contribution in [0.1, 0.15) is 12.0 Å². The Kier molecular flexibility index (Phi) is 2.15. The van der Waals surface area contributed by atoms with Gasteiger partial charge in [-0.25, -0.2) is 0 Å². The van der Waals surface area contributed by atoms with Gasteiger partial charge in [0.2, 0.25) is 0 Å². The van der Waals surface area contributed by atoms with Crippen molar-refractivity contribution in [3.63, 3.8) is 0 Å². The van der Waals surface area contributed by atoms with Gasteiger partial charge in [-0.15, -0.1) is 0 Å². The minimum Gasteiger partial charge on any atom is -0.485 e. The normalized spacial score (nSPS) is 21.7. The molecule has 1 atom stereocenters. The van der Waals surface area contributed by atoms with Gasteiger partial charge in [-0.1, -0.05) is 29.8 Å². The molecule has 1 aromatic rings.